The summed E-state index contributed by atoms with van der Waals surface area (Å²) in [6.07, 6.45) is 0.973. The molecule has 3 rings (SSSR count). The molecule has 2 aliphatic rings. The standard InChI is InChI=1S/C20H30O4/c1-11(10-21)13-7-12-5-6-16-19(2,3)17(23)9-18(24)20(16,4)14(12)8-15(13)22/h7-8,11,16-18,21-24H,5-6,9-10H2,1-4H3/t11?,16?,17-,18-,20-/m1/s1. The van der Waals surface area contributed by atoms with Crippen LogP contribution in [0, 0.1) is 11.3 Å². The summed E-state index contributed by atoms with van der Waals surface area (Å²) in [4.78, 5) is 0. The SMILES string of the molecule is CC(CO)c1cc2c(cc1O)[C@]1(C)C(CC2)C(C)(C)[C@H](O)C[C@H]1O. The Bertz CT molecular complexity index is 639. The molecule has 0 bridgehead atoms. The molecule has 5 atom stereocenters. The van der Waals surface area contributed by atoms with Crippen LogP contribution in [0.2, 0.25) is 0 Å². The molecule has 4 nitrogen and oxygen atoms in total. The normalized spacial score (nSPS) is 35.9. The molecule has 0 aliphatic heterocycles. The van der Waals surface area contributed by atoms with Gasteiger partial charge in [-0.05, 0) is 46.9 Å². The number of aliphatic hydroxyl groups excluding tert-OH is 3. The molecule has 1 fully saturated rings. The first kappa shape index (κ1) is 17.7. The zero-order valence-electron chi connectivity index (χ0n) is 15.1. The van der Waals surface area contributed by atoms with E-state index in [0.29, 0.717) is 6.42 Å². The van der Waals surface area contributed by atoms with E-state index in [-0.39, 0.29) is 29.6 Å². The van der Waals surface area contributed by atoms with Crippen LogP contribution in [0.1, 0.15) is 63.1 Å². The number of aromatic hydroxyl groups is 1. The Balaban J connectivity index is 2.14. The van der Waals surface area contributed by atoms with Gasteiger partial charge in [-0.1, -0.05) is 33.8 Å². The van der Waals surface area contributed by atoms with Gasteiger partial charge in [0.05, 0.1) is 12.2 Å². The van der Waals surface area contributed by atoms with Gasteiger partial charge in [0.25, 0.3) is 0 Å². The number of rotatable bonds is 2. The number of fused-ring (bicyclic) bond motifs is 3. The van der Waals surface area contributed by atoms with Gasteiger partial charge in [0.2, 0.25) is 0 Å². The molecule has 2 unspecified atom stereocenters. The molecule has 2 aliphatic carbocycles. The Kier molecular flexibility index (Phi) is 4.22. The van der Waals surface area contributed by atoms with Crippen LogP contribution in [0.15, 0.2) is 12.1 Å². The first-order valence-corrected chi connectivity index (χ1v) is 8.97. The van der Waals surface area contributed by atoms with Gasteiger partial charge in [-0.15, -0.1) is 0 Å². The average molecular weight is 334 g/mol. The lowest BCUT2D eigenvalue weighted by atomic mass is 9.48. The summed E-state index contributed by atoms with van der Waals surface area (Å²) in [6.45, 7) is 8.12. The first-order valence-electron chi connectivity index (χ1n) is 8.97. The maximum Gasteiger partial charge on any atom is 0.119 e. The second kappa shape index (κ2) is 5.72. The lowest BCUT2D eigenvalue weighted by Crippen LogP contribution is -2.60. The number of hydrogen-bond donors (Lipinski definition) is 4. The Morgan fingerprint density at radius 3 is 2.46 bits per heavy atom. The van der Waals surface area contributed by atoms with E-state index in [9.17, 15) is 20.4 Å². The number of phenolic OH excluding ortho intramolecular Hbond substituents is 1. The molecule has 0 radical (unpaired) electrons. The summed E-state index contributed by atoms with van der Waals surface area (Å²) >= 11 is 0. The highest BCUT2D eigenvalue weighted by atomic mass is 16.3. The molecular weight excluding hydrogens is 304 g/mol. The van der Waals surface area contributed by atoms with Gasteiger partial charge in [-0.25, -0.2) is 0 Å². The quantitative estimate of drug-likeness (QED) is 0.670. The van der Waals surface area contributed by atoms with Gasteiger partial charge in [0.15, 0.2) is 0 Å². The third kappa shape index (κ3) is 2.31. The zero-order chi connectivity index (χ0) is 17.9. The minimum absolute atomic E-state index is 0.00587. The summed E-state index contributed by atoms with van der Waals surface area (Å²) in [5.41, 5.74) is 2.15. The van der Waals surface area contributed by atoms with Crippen LogP contribution in [-0.2, 0) is 11.8 Å². The molecule has 1 saturated carbocycles. The van der Waals surface area contributed by atoms with E-state index in [0.717, 1.165) is 29.5 Å². The fourth-order valence-corrected chi connectivity index (χ4v) is 5.19. The smallest absolute Gasteiger partial charge is 0.119 e. The lowest BCUT2D eigenvalue weighted by Gasteiger charge is -2.58. The van der Waals surface area contributed by atoms with Gasteiger partial charge in [0.1, 0.15) is 5.75 Å². The molecule has 134 valence electrons. The Morgan fingerprint density at radius 2 is 1.83 bits per heavy atom. The minimum Gasteiger partial charge on any atom is -0.508 e. The monoisotopic (exact) mass is 334 g/mol. The fraction of sp³-hybridized carbons (Fsp3) is 0.700. The minimum atomic E-state index is -0.634. The van der Waals surface area contributed by atoms with Gasteiger partial charge in [-0.2, -0.15) is 0 Å². The summed E-state index contributed by atoms with van der Waals surface area (Å²) in [5.74, 6) is 0.223. The highest BCUT2D eigenvalue weighted by Gasteiger charge is 2.57. The van der Waals surface area contributed by atoms with E-state index in [1.54, 1.807) is 6.07 Å². The number of aliphatic hydroxyl groups is 3. The predicted molar refractivity (Wildman–Crippen MR) is 93.2 cm³/mol. The van der Waals surface area contributed by atoms with Gasteiger partial charge in [0, 0.05) is 24.4 Å². The number of hydrogen-bond acceptors (Lipinski definition) is 4. The first-order chi connectivity index (χ1) is 11.1. The van der Waals surface area contributed by atoms with Crippen LogP contribution in [0.4, 0.5) is 0 Å². The van der Waals surface area contributed by atoms with E-state index < -0.39 is 17.6 Å². The van der Waals surface area contributed by atoms with Crippen molar-refractivity contribution in [2.24, 2.45) is 11.3 Å². The molecule has 1 aromatic carbocycles. The van der Waals surface area contributed by atoms with Crippen molar-refractivity contribution in [1.82, 2.24) is 0 Å². The zero-order valence-corrected chi connectivity index (χ0v) is 15.1. The molecule has 0 aromatic heterocycles. The van der Waals surface area contributed by atoms with Crippen LogP contribution >= 0.6 is 0 Å². The number of aryl methyl sites for hydroxylation is 1. The summed E-state index contributed by atoms with van der Waals surface area (Å²) in [6, 6.07) is 3.79. The second-order valence-corrected chi connectivity index (χ2v) is 8.61. The maximum absolute atomic E-state index is 10.8. The highest BCUT2D eigenvalue weighted by molar-refractivity contribution is 5.49. The topological polar surface area (TPSA) is 80.9 Å². The van der Waals surface area contributed by atoms with Crippen LogP contribution in [0.25, 0.3) is 0 Å². The molecular formula is C20H30O4. The van der Waals surface area contributed by atoms with Crippen LogP contribution < -0.4 is 0 Å². The van der Waals surface area contributed by atoms with Crippen molar-refractivity contribution in [3.63, 3.8) is 0 Å². The van der Waals surface area contributed by atoms with Crippen molar-refractivity contribution >= 4 is 0 Å². The average Bonchev–Trinajstić information content (AvgIpc) is 2.52. The van der Waals surface area contributed by atoms with Crippen LogP contribution in [0.3, 0.4) is 0 Å². The van der Waals surface area contributed by atoms with Crippen molar-refractivity contribution in [3.8, 4) is 5.75 Å². The molecule has 1 aromatic rings. The molecule has 4 N–H and O–H groups in total. The number of phenols is 1. The molecule has 0 amide bonds. The van der Waals surface area contributed by atoms with Crippen LogP contribution in [-0.4, -0.2) is 39.2 Å². The van der Waals surface area contributed by atoms with Crippen molar-refractivity contribution in [2.45, 2.75) is 70.5 Å². The van der Waals surface area contributed by atoms with Gasteiger partial charge in [-0.3, -0.25) is 0 Å². The molecule has 0 spiro atoms. The van der Waals surface area contributed by atoms with E-state index >= 15 is 0 Å². The van der Waals surface area contributed by atoms with Crippen molar-refractivity contribution < 1.29 is 20.4 Å². The summed E-state index contributed by atoms with van der Waals surface area (Å²) < 4.78 is 0. The van der Waals surface area contributed by atoms with Gasteiger partial charge < -0.3 is 20.4 Å². The molecule has 0 heterocycles. The van der Waals surface area contributed by atoms with E-state index in [2.05, 4.69) is 20.8 Å². The Labute approximate surface area is 144 Å². The molecule has 24 heavy (non-hydrogen) atoms. The van der Waals surface area contributed by atoms with Crippen molar-refractivity contribution in [1.29, 1.82) is 0 Å². The van der Waals surface area contributed by atoms with Crippen molar-refractivity contribution in [2.75, 3.05) is 6.61 Å². The Morgan fingerprint density at radius 1 is 1.17 bits per heavy atom. The maximum atomic E-state index is 10.8. The summed E-state index contributed by atoms with van der Waals surface area (Å²) in [5, 5.41) is 41.2. The third-order valence-corrected chi connectivity index (χ3v) is 6.96. The molecule has 0 saturated heterocycles. The van der Waals surface area contributed by atoms with E-state index in [4.69, 9.17) is 0 Å². The van der Waals surface area contributed by atoms with Crippen LogP contribution in [0.5, 0.6) is 5.75 Å². The largest absolute Gasteiger partial charge is 0.508 e. The van der Waals surface area contributed by atoms with E-state index in [1.165, 1.54) is 0 Å². The third-order valence-electron chi connectivity index (χ3n) is 6.96. The second-order valence-electron chi connectivity index (χ2n) is 8.61. The fourth-order valence-electron chi connectivity index (χ4n) is 5.19. The summed E-state index contributed by atoms with van der Waals surface area (Å²) in [7, 11) is 0. The Hall–Kier alpha value is -1.10. The lowest BCUT2D eigenvalue weighted by molar-refractivity contribution is -0.131. The number of benzene rings is 1. The van der Waals surface area contributed by atoms with Gasteiger partial charge >= 0.3 is 0 Å². The van der Waals surface area contributed by atoms with Crippen molar-refractivity contribution in [3.05, 3.63) is 28.8 Å². The highest BCUT2D eigenvalue weighted by Crippen LogP contribution is 2.57. The van der Waals surface area contributed by atoms with E-state index in [1.807, 2.05) is 13.0 Å². The predicted octanol–water partition coefficient (Wildman–Crippen LogP) is 2.46. The molecule has 4 heteroatoms.